The Kier molecular flexibility index (Phi) is 8.39. The molecule has 0 aliphatic heterocycles. The van der Waals surface area contributed by atoms with E-state index in [0.29, 0.717) is 19.0 Å². The first-order chi connectivity index (χ1) is 10.7. The highest BCUT2D eigenvalue weighted by molar-refractivity contribution is 14.0. The summed E-state index contributed by atoms with van der Waals surface area (Å²) in [5.41, 5.74) is 2.18. The van der Waals surface area contributed by atoms with E-state index in [2.05, 4.69) is 27.4 Å². The summed E-state index contributed by atoms with van der Waals surface area (Å²) in [7, 11) is 5.57. The zero-order valence-corrected chi connectivity index (χ0v) is 16.0. The molecular weight excluding hydrogens is 403 g/mol. The van der Waals surface area contributed by atoms with Gasteiger partial charge in [0.05, 0.1) is 13.7 Å². The number of ether oxygens (including phenoxy) is 1. The van der Waals surface area contributed by atoms with Crippen LogP contribution in [0.4, 0.5) is 0 Å². The number of hydrogen-bond acceptors (Lipinski definition) is 3. The van der Waals surface area contributed by atoms with Crippen LogP contribution in [0.25, 0.3) is 0 Å². The lowest BCUT2D eigenvalue weighted by atomic mass is 10.2. The predicted octanol–water partition coefficient (Wildman–Crippen LogP) is 2.92. The molecule has 1 heterocycles. The van der Waals surface area contributed by atoms with Crippen LogP contribution in [0.5, 0.6) is 5.88 Å². The molecule has 0 fully saturated rings. The van der Waals surface area contributed by atoms with E-state index in [9.17, 15) is 0 Å². The minimum absolute atomic E-state index is 0. The molecule has 0 unspecified atom stereocenters. The summed E-state index contributed by atoms with van der Waals surface area (Å²) < 4.78 is 5.26. The van der Waals surface area contributed by atoms with Crippen molar-refractivity contribution in [3.05, 3.63) is 59.8 Å². The van der Waals surface area contributed by atoms with Crippen molar-refractivity contribution in [2.75, 3.05) is 21.2 Å². The van der Waals surface area contributed by atoms with Gasteiger partial charge in [0.25, 0.3) is 0 Å². The Morgan fingerprint density at radius 2 is 1.91 bits per heavy atom. The van der Waals surface area contributed by atoms with E-state index in [1.54, 1.807) is 13.3 Å². The minimum atomic E-state index is 0. The van der Waals surface area contributed by atoms with Crippen LogP contribution in [-0.2, 0) is 13.1 Å². The number of nitrogens with one attached hydrogen (secondary N) is 1. The Labute approximate surface area is 154 Å². The Morgan fingerprint density at radius 3 is 2.57 bits per heavy atom. The number of nitrogens with zero attached hydrogens (tertiary/aromatic N) is 3. The maximum absolute atomic E-state index is 5.26. The molecule has 5 nitrogen and oxygen atoms in total. The molecule has 1 aromatic carbocycles. The van der Waals surface area contributed by atoms with Gasteiger partial charge in [-0.2, -0.15) is 0 Å². The molecule has 23 heavy (non-hydrogen) atoms. The number of guanidine groups is 1. The molecule has 0 amide bonds. The summed E-state index contributed by atoms with van der Waals surface area (Å²) in [6, 6.07) is 14.1. The number of pyridine rings is 1. The van der Waals surface area contributed by atoms with Crippen molar-refractivity contribution < 1.29 is 4.74 Å². The average molecular weight is 426 g/mol. The topological polar surface area (TPSA) is 49.8 Å². The largest absolute Gasteiger partial charge is 0.481 e. The van der Waals surface area contributed by atoms with E-state index in [1.807, 2.05) is 49.3 Å². The van der Waals surface area contributed by atoms with Gasteiger partial charge in [-0.1, -0.05) is 36.4 Å². The fraction of sp³-hybridized carbons (Fsp3) is 0.294. The molecule has 0 radical (unpaired) electrons. The van der Waals surface area contributed by atoms with Crippen LogP contribution < -0.4 is 10.1 Å². The van der Waals surface area contributed by atoms with Crippen LogP contribution in [0.3, 0.4) is 0 Å². The van der Waals surface area contributed by atoms with Crippen molar-refractivity contribution in [2.24, 2.45) is 4.99 Å². The fourth-order valence-electron chi connectivity index (χ4n) is 2.02. The summed E-state index contributed by atoms with van der Waals surface area (Å²) >= 11 is 0. The van der Waals surface area contributed by atoms with E-state index in [4.69, 9.17) is 4.74 Å². The lowest BCUT2D eigenvalue weighted by Crippen LogP contribution is -2.36. The second kappa shape index (κ2) is 10.0. The maximum atomic E-state index is 5.26. The van der Waals surface area contributed by atoms with Crippen molar-refractivity contribution in [1.82, 2.24) is 15.2 Å². The van der Waals surface area contributed by atoms with Crippen LogP contribution >= 0.6 is 24.0 Å². The third kappa shape index (κ3) is 6.05. The van der Waals surface area contributed by atoms with Gasteiger partial charge in [0, 0.05) is 32.4 Å². The van der Waals surface area contributed by atoms with Crippen molar-refractivity contribution in [3.63, 3.8) is 0 Å². The molecule has 2 rings (SSSR count). The molecular formula is C17H23IN4O. The number of methoxy groups -OCH3 is 1. The quantitative estimate of drug-likeness (QED) is 0.454. The number of hydrogen-bond donors (Lipinski definition) is 1. The Bertz CT molecular complexity index is 617. The highest BCUT2D eigenvalue weighted by atomic mass is 127. The van der Waals surface area contributed by atoms with Crippen LogP contribution in [0, 0.1) is 0 Å². The van der Waals surface area contributed by atoms with E-state index >= 15 is 0 Å². The average Bonchev–Trinajstić information content (AvgIpc) is 2.55. The number of aromatic nitrogens is 1. The summed E-state index contributed by atoms with van der Waals surface area (Å²) in [6.07, 6.45) is 1.72. The fourth-order valence-corrected chi connectivity index (χ4v) is 2.02. The highest BCUT2D eigenvalue weighted by Crippen LogP contribution is 2.12. The monoisotopic (exact) mass is 426 g/mol. The van der Waals surface area contributed by atoms with E-state index in [0.717, 1.165) is 11.5 Å². The summed E-state index contributed by atoms with van der Waals surface area (Å²) in [6.45, 7) is 1.26. The number of aliphatic imine (C=N–C) groups is 1. The summed E-state index contributed by atoms with van der Waals surface area (Å²) in [4.78, 5) is 10.8. The van der Waals surface area contributed by atoms with E-state index in [-0.39, 0.29) is 24.0 Å². The maximum Gasteiger partial charge on any atom is 0.218 e. The van der Waals surface area contributed by atoms with Gasteiger partial charge in [0.2, 0.25) is 5.88 Å². The number of halogens is 1. The lowest BCUT2D eigenvalue weighted by Gasteiger charge is -2.18. The molecule has 124 valence electrons. The normalized spacial score (nSPS) is 10.7. The van der Waals surface area contributed by atoms with Gasteiger partial charge < -0.3 is 15.0 Å². The van der Waals surface area contributed by atoms with E-state index in [1.165, 1.54) is 5.56 Å². The molecule has 0 atom stereocenters. The Morgan fingerprint density at radius 1 is 1.17 bits per heavy atom. The van der Waals surface area contributed by atoms with Crippen molar-refractivity contribution in [2.45, 2.75) is 13.1 Å². The molecule has 6 heteroatoms. The van der Waals surface area contributed by atoms with Gasteiger partial charge in [-0.25, -0.2) is 9.98 Å². The van der Waals surface area contributed by atoms with Crippen molar-refractivity contribution >= 4 is 29.9 Å². The second-order valence-electron chi connectivity index (χ2n) is 5.05. The number of benzene rings is 1. The second-order valence-corrected chi connectivity index (χ2v) is 5.05. The zero-order chi connectivity index (χ0) is 15.8. The summed E-state index contributed by atoms with van der Waals surface area (Å²) in [5.74, 6) is 1.46. The molecule has 0 saturated carbocycles. The van der Waals surface area contributed by atoms with Gasteiger partial charge in [0.1, 0.15) is 0 Å². The minimum Gasteiger partial charge on any atom is -0.481 e. The molecule has 2 aromatic rings. The van der Waals surface area contributed by atoms with Crippen LogP contribution in [-0.4, -0.2) is 37.0 Å². The lowest BCUT2D eigenvalue weighted by molar-refractivity contribution is 0.391. The van der Waals surface area contributed by atoms with E-state index < -0.39 is 0 Å². The van der Waals surface area contributed by atoms with Crippen LogP contribution in [0.1, 0.15) is 11.1 Å². The first-order valence-corrected chi connectivity index (χ1v) is 7.18. The van der Waals surface area contributed by atoms with Crippen LogP contribution in [0.2, 0.25) is 0 Å². The third-order valence-corrected chi connectivity index (χ3v) is 3.16. The van der Waals surface area contributed by atoms with Gasteiger partial charge in [-0.3, -0.25) is 0 Å². The molecule has 1 aromatic heterocycles. The molecule has 0 aliphatic carbocycles. The van der Waals surface area contributed by atoms with Gasteiger partial charge >= 0.3 is 0 Å². The molecule has 0 saturated heterocycles. The molecule has 0 aliphatic rings. The predicted molar refractivity (Wildman–Crippen MR) is 104 cm³/mol. The zero-order valence-electron chi connectivity index (χ0n) is 13.7. The smallest absolute Gasteiger partial charge is 0.218 e. The summed E-state index contributed by atoms with van der Waals surface area (Å²) in [5, 5.41) is 3.34. The third-order valence-electron chi connectivity index (χ3n) is 3.16. The Balaban J connectivity index is 0.00000264. The first kappa shape index (κ1) is 19.2. The Hall–Kier alpha value is -1.83. The van der Waals surface area contributed by atoms with Gasteiger partial charge in [-0.05, 0) is 11.6 Å². The molecule has 0 spiro atoms. The van der Waals surface area contributed by atoms with Gasteiger partial charge in [-0.15, -0.1) is 24.0 Å². The van der Waals surface area contributed by atoms with Gasteiger partial charge in [0.15, 0.2) is 5.96 Å². The molecule has 0 bridgehead atoms. The SMILES string of the molecule is COc1ncccc1CNC(=NCc1ccccc1)N(C)C.I. The van der Waals surface area contributed by atoms with Crippen molar-refractivity contribution in [3.8, 4) is 5.88 Å². The van der Waals surface area contributed by atoms with Crippen LogP contribution in [0.15, 0.2) is 53.7 Å². The first-order valence-electron chi connectivity index (χ1n) is 7.18. The standard InChI is InChI=1S/C17H22N4O.HI/c1-21(2)17(19-12-14-8-5-4-6-9-14)20-13-15-10-7-11-18-16(15)22-3;/h4-11H,12-13H2,1-3H3,(H,19,20);1H. The molecule has 1 N–H and O–H groups in total. The highest BCUT2D eigenvalue weighted by Gasteiger charge is 2.06. The van der Waals surface area contributed by atoms with Crippen molar-refractivity contribution in [1.29, 1.82) is 0 Å². The number of rotatable bonds is 5.